The first-order chi connectivity index (χ1) is 9.22. The van der Waals surface area contributed by atoms with Gasteiger partial charge in [-0.15, -0.1) is 0 Å². The van der Waals surface area contributed by atoms with Crippen molar-refractivity contribution in [3.8, 4) is 17.2 Å². The molecule has 1 N–H and O–H groups in total. The second-order valence-electron chi connectivity index (χ2n) is 4.36. The zero-order chi connectivity index (χ0) is 13.7. The van der Waals surface area contributed by atoms with E-state index in [0.717, 1.165) is 17.2 Å². The predicted molar refractivity (Wildman–Crippen MR) is 77.0 cm³/mol. The molecule has 0 aliphatic heterocycles. The summed E-state index contributed by atoms with van der Waals surface area (Å²) in [6.07, 6.45) is 0. The molecule has 1 unspecified atom stereocenters. The van der Waals surface area contributed by atoms with Crippen molar-refractivity contribution in [2.24, 2.45) is 0 Å². The normalized spacial score (nSPS) is 11.9. The molecule has 0 bridgehead atoms. The molecule has 2 aromatic rings. The highest BCUT2D eigenvalue weighted by Crippen LogP contribution is 2.25. The summed E-state index contributed by atoms with van der Waals surface area (Å²) >= 11 is 0. The number of ether oxygens (including phenoxy) is 2. The molecule has 0 saturated carbocycles. The van der Waals surface area contributed by atoms with E-state index in [2.05, 4.69) is 24.4 Å². The highest BCUT2D eigenvalue weighted by atomic mass is 16.5. The van der Waals surface area contributed by atoms with Gasteiger partial charge in [-0.25, -0.2) is 0 Å². The fourth-order valence-electron chi connectivity index (χ4n) is 1.77. The number of nitrogens with one attached hydrogen (secondary N) is 1. The molecule has 0 aliphatic rings. The van der Waals surface area contributed by atoms with Crippen molar-refractivity contribution < 1.29 is 9.47 Å². The Bertz CT molecular complexity index is 505. The summed E-state index contributed by atoms with van der Waals surface area (Å²) in [5.41, 5.74) is 1.24. The third-order valence-electron chi connectivity index (χ3n) is 3.11. The first-order valence-electron chi connectivity index (χ1n) is 6.32. The van der Waals surface area contributed by atoms with Crippen molar-refractivity contribution in [3.05, 3.63) is 54.1 Å². The molecule has 0 amide bonds. The second-order valence-corrected chi connectivity index (χ2v) is 4.36. The summed E-state index contributed by atoms with van der Waals surface area (Å²) in [5.74, 6) is 2.46. The highest BCUT2D eigenvalue weighted by Gasteiger charge is 2.03. The van der Waals surface area contributed by atoms with Crippen molar-refractivity contribution >= 4 is 0 Å². The van der Waals surface area contributed by atoms with E-state index in [1.165, 1.54) is 5.56 Å². The molecule has 0 spiro atoms. The average Bonchev–Trinajstić information content (AvgIpc) is 2.48. The highest BCUT2D eigenvalue weighted by molar-refractivity contribution is 5.36. The zero-order valence-corrected chi connectivity index (χ0v) is 11.5. The van der Waals surface area contributed by atoms with E-state index in [1.807, 2.05) is 43.4 Å². The van der Waals surface area contributed by atoms with Crippen LogP contribution in [0.4, 0.5) is 0 Å². The van der Waals surface area contributed by atoms with E-state index < -0.39 is 0 Å². The lowest BCUT2D eigenvalue weighted by atomic mass is 10.1. The minimum atomic E-state index is 0.343. The van der Waals surface area contributed by atoms with Crippen LogP contribution in [0.15, 0.2) is 48.5 Å². The number of rotatable bonds is 5. The molecule has 1 atom stereocenters. The van der Waals surface area contributed by atoms with E-state index in [-0.39, 0.29) is 0 Å². The minimum absolute atomic E-state index is 0.343. The van der Waals surface area contributed by atoms with Crippen LogP contribution in [0.2, 0.25) is 0 Å². The molecule has 0 aliphatic carbocycles. The molecular formula is C16H19NO2. The van der Waals surface area contributed by atoms with Gasteiger partial charge < -0.3 is 14.8 Å². The maximum absolute atomic E-state index is 5.77. The Morgan fingerprint density at radius 2 is 1.32 bits per heavy atom. The fraction of sp³-hybridized carbons (Fsp3) is 0.250. The lowest BCUT2D eigenvalue weighted by Gasteiger charge is -2.11. The van der Waals surface area contributed by atoms with Crippen LogP contribution in [-0.2, 0) is 0 Å². The molecule has 0 aromatic heterocycles. The molecular weight excluding hydrogens is 238 g/mol. The lowest BCUT2D eigenvalue weighted by molar-refractivity contribution is 0.413. The lowest BCUT2D eigenvalue weighted by Crippen LogP contribution is -2.11. The van der Waals surface area contributed by atoms with Crippen LogP contribution in [0.3, 0.4) is 0 Å². The van der Waals surface area contributed by atoms with Crippen molar-refractivity contribution in [1.29, 1.82) is 0 Å². The van der Waals surface area contributed by atoms with Gasteiger partial charge in [-0.05, 0) is 55.9 Å². The van der Waals surface area contributed by atoms with E-state index in [0.29, 0.717) is 6.04 Å². The predicted octanol–water partition coefficient (Wildman–Crippen LogP) is 3.77. The van der Waals surface area contributed by atoms with E-state index in [4.69, 9.17) is 9.47 Å². The fourth-order valence-corrected chi connectivity index (χ4v) is 1.77. The Labute approximate surface area is 114 Å². The van der Waals surface area contributed by atoms with Crippen LogP contribution < -0.4 is 14.8 Å². The Morgan fingerprint density at radius 1 is 0.842 bits per heavy atom. The smallest absolute Gasteiger partial charge is 0.127 e. The second kappa shape index (κ2) is 6.25. The minimum Gasteiger partial charge on any atom is -0.497 e. The van der Waals surface area contributed by atoms with Crippen molar-refractivity contribution in [3.63, 3.8) is 0 Å². The van der Waals surface area contributed by atoms with E-state index in [9.17, 15) is 0 Å². The first kappa shape index (κ1) is 13.4. The molecule has 19 heavy (non-hydrogen) atoms. The molecule has 3 heteroatoms. The van der Waals surface area contributed by atoms with Gasteiger partial charge in [0.25, 0.3) is 0 Å². The first-order valence-corrected chi connectivity index (χ1v) is 6.32. The molecule has 100 valence electrons. The van der Waals surface area contributed by atoms with Crippen LogP contribution in [0, 0.1) is 0 Å². The van der Waals surface area contributed by atoms with Crippen LogP contribution in [0.25, 0.3) is 0 Å². The van der Waals surface area contributed by atoms with Gasteiger partial charge in [0.05, 0.1) is 7.11 Å². The maximum atomic E-state index is 5.77. The van der Waals surface area contributed by atoms with Gasteiger partial charge in [0.1, 0.15) is 17.2 Å². The standard InChI is InChI=1S/C16H19NO2/c1-12(17-2)13-4-6-15(7-5-13)19-16-10-8-14(18-3)9-11-16/h4-12,17H,1-3H3. The molecule has 0 saturated heterocycles. The summed E-state index contributed by atoms with van der Waals surface area (Å²) in [6.45, 7) is 2.12. The Kier molecular flexibility index (Phi) is 4.42. The van der Waals surface area contributed by atoms with Gasteiger partial charge in [-0.3, -0.25) is 0 Å². The summed E-state index contributed by atoms with van der Waals surface area (Å²) in [7, 11) is 3.60. The zero-order valence-electron chi connectivity index (χ0n) is 11.5. The molecule has 3 nitrogen and oxygen atoms in total. The monoisotopic (exact) mass is 257 g/mol. The summed E-state index contributed by atoms with van der Waals surface area (Å²) in [4.78, 5) is 0. The van der Waals surface area contributed by atoms with Gasteiger partial charge in [0.2, 0.25) is 0 Å². The Hall–Kier alpha value is -2.00. The van der Waals surface area contributed by atoms with Crippen LogP contribution >= 0.6 is 0 Å². The third kappa shape index (κ3) is 3.48. The van der Waals surface area contributed by atoms with Crippen LogP contribution in [0.5, 0.6) is 17.2 Å². The van der Waals surface area contributed by atoms with Crippen LogP contribution in [0.1, 0.15) is 18.5 Å². The SMILES string of the molecule is CNC(C)c1ccc(Oc2ccc(OC)cc2)cc1. The van der Waals surface area contributed by atoms with Crippen molar-refractivity contribution in [2.75, 3.05) is 14.2 Å². The molecule has 0 heterocycles. The summed E-state index contributed by atoms with van der Waals surface area (Å²) in [5, 5.41) is 3.21. The average molecular weight is 257 g/mol. The van der Waals surface area contributed by atoms with Gasteiger partial charge in [-0.1, -0.05) is 12.1 Å². The Balaban J connectivity index is 2.06. The van der Waals surface area contributed by atoms with E-state index in [1.54, 1.807) is 7.11 Å². The number of methoxy groups -OCH3 is 1. The van der Waals surface area contributed by atoms with Crippen molar-refractivity contribution in [2.45, 2.75) is 13.0 Å². The number of benzene rings is 2. The van der Waals surface area contributed by atoms with Gasteiger partial charge in [0.15, 0.2) is 0 Å². The number of hydrogen-bond donors (Lipinski definition) is 1. The largest absolute Gasteiger partial charge is 0.497 e. The van der Waals surface area contributed by atoms with E-state index >= 15 is 0 Å². The third-order valence-corrected chi connectivity index (χ3v) is 3.11. The molecule has 0 radical (unpaired) electrons. The maximum Gasteiger partial charge on any atom is 0.127 e. The van der Waals surface area contributed by atoms with Crippen molar-refractivity contribution in [1.82, 2.24) is 5.32 Å². The summed E-state index contributed by atoms with van der Waals surface area (Å²) in [6, 6.07) is 16.0. The van der Waals surface area contributed by atoms with Gasteiger partial charge >= 0.3 is 0 Å². The van der Waals surface area contributed by atoms with Gasteiger partial charge in [-0.2, -0.15) is 0 Å². The molecule has 0 fully saturated rings. The topological polar surface area (TPSA) is 30.5 Å². The molecule has 2 rings (SSSR count). The molecule has 2 aromatic carbocycles. The summed E-state index contributed by atoms with van der Waals surface area (Å²) < 4.78 is 10.9. The Morgan fingerprint density at radius 3 is 1.79 bits per heavy atom. The quantitative estimate of drug-likeness (QED) is 0.884. The van der Waals surface area contributed by atoms with Crippen LogP contribution in [-0.4, -0.2) is 14.2 Å². The number of hydrogen-bond acceptors (Lipinski definition) is 3. The van der Waals surface area contributed by atoms with Gasteiger partial charge in [0, 0.05) is 6.04 Å².